The van der Waals surface area contributed by atoms with Crippen molar-refractivity contribution >= 4 is 0 Å². The van der Waals surface area contributed by atoms with Crippen LogP contribution in [0.2, 0.25) is 0 Å². The Labute approximate surface area is 114 Å². The summed E-state index contributed by atoms with van der Waals surface area (Å²) >= 11 is 0. The minimum Gasteiger partial charge on any atom is -0.444 e. The molecule has 0 fully saturated rings. The topological polar surface area (TPSA) is 55.9 Å². The van der Waals surface area contributed by atoms with E-state index in [1.54, 1.807) is 6.20 Å². The molecule has 0 aliphatic heterocycles. The molecule has 19 heavy (non-hydrogen) atoms. The van der Waals surface area contributed by atoms with Crippen molar-refractivity contribution in [3.63, 3.8) is 0 Å². The standard InChI is InChI=1S/C14H22N4O/c1-6-12-7-16-13(19-12)8-15-9(2)14-10(3)17-18(5)11(14)4/h7,9,15H,6,8H2,1-5H3. The summed E-state index contributed by atoms with van der Waals surface area (Å²) in [7, 11) is 1.97. The van der Waals surface area contributed by atoms with Gasteiger partial charge in [-0.15, -0.1) is 0 Å². The summed E-state index contributed by atoms with van der Waals surface area (Å²) in [6, 6.07) is 0.227. The molecule has 5 heteroatoms. The molecule has 0 aliphatic carbocycles. The molecular formula is C14H22N4O. The molecule has 0 aliphatic rings. The Morgan fingerprint density at radius 3 is 2.68 bits per heavy atom. The monoisotopic (exact) mass is 262 g/mol. The van der Waals surface area contributed by atoms with Crippen molar-refractivity contribution in [2.45, 2.75) is 46.7 Å². The molecule has 2 aromatic heterocycles. The van der Waals surface area contributed by atoms with Crippen molar-refractivity contribution < 1.29 is 4.42 Å². The lowest BCUT2D eigenvalue weighted by Crippen LogP contribution is -2.19. The first-order valence-corrected chi connectivity index (χ1v) is 6.70. The average Bonchev–Trinajstić information content (AvgIpc) is 2.93. The molecule has 2 rings (SSSR count). The third-order valence-corrected chi connectivity index (χ3v) is 3.51. The Bertz CT molecular complexity index is 556. The summed E-state index contributed by atoms with van der Waals surface area (Å²) in [5, 5.41) is 7.88. The lowest BCUT2D eigenvalue weighted by molar-refractivity contribution is 0.423. The number of nitrogens with one attached hydrogen (secondary N) is 1. The minimum absolute atomic E-state index is 0.227. The molecule has 104 valence electrons. The van der Waals surface area contributed by atoms with Crippen LogP contribution in [0.25, 0.3) is 0 Å². The fourth-order valence-electron chi connectivity index (χ4n) is 2.35. The van der Waals surface area contributed by atoms with E-state index in [1.807, 2.05) is 18.7 Å². The van der Waals surface area contributed by atoms with E-state index in [2.05, 4.69) is 36.2 Å². The van der Waals surface area contributed by atoms with Crippen LogP contribution in [-0.4, -0.2) is 14.8 Å². The maximum Gasteiger partial charge on any atom is 0.208 e. The van der Waals surface area contributed by atoms with Gasteiger partial charge in [-0.25, -0.2) is 4.98 Å². The van der Waals surface area contributed by atoms with Crippen molar-refractivity contribution in [3.05, 3.63) is 34.8 Å². The van der Waals surface area contributed by atoms with Gasteiger partial charge in [0, 0.05) is 30.8 Å². The summed E-state index contributed by atoms with van der Waals surface area (Å²) in [4.78, 5) is 4.25. The Kier molecular flexibility index (Phi) is 4.04. The van der Waals surface area contributed by atoms with Crippen molar-refractivity contribution in [3.8, 4) is 0 Å². The zero-order chi connectivity index (χ0) is 14.0. The van der Waals surface area contributed by atoms with Gasteiger partial charge in [-0.1, -0.05) is 6.92 Å². The van der Waals surface area contributed by atoms with Crippen LogP contribution in [0.1, 0.15) is 48.5 Å². The fourth-order valence-corrected chi connectivity index (χ4v) is 2.35. The molecule has 0 radical (unpaired) electrons. The highest BCUT2D eigenvalue weighted by Gasteiger charge is 2.16. The number of hydrogen-bond donors (Lipinski definition) is 1. The molecule has 0 saturated heterocycles. The van der Waals surface area contributed by atoms with Crippen LogP contribution in [-0.2, 0) is 20.0 Å². The number of nitrogens with zero attached hydrogens (tertiary/aromatic N) is 3. The molecule has 5 nitrogen and oxygen atoms in total. The van der Waals surface area contributed by atoms with Crippen LogP contribution in [0.4, 0.5) is 0 Å². The molecule has 0 bridgehead atoms. The van der Waals surface area contributed by atoms with Crippen LogP contribution in [0, 0.1) is 13.8 Å². The number of hydrogen-bond acceptors (Lipinski definition) is 4. The first-order chi connectivity index (χ1) is 9.02. The first kappa shape index (κ1) is 13.8. The number of aryl methyl sites for hydroxylation is 3. The van der Waals surface area contributed by atoms with E-state index >= 15 is 0 Å². The molecule has 0 spiro atoms. The van der Waals surface area contributed by atoms with Gasteiger partial charge in [0.05, 0.1) is 18.4 Å². The van der Waals surface area contributed by atoms with Crippen LogP contribution >= 0.6 is 0 Å². The molecular weight excluding hydrogens is 240 g/mol. The van der Waals surface area contributed by atoms with Gasteiger partial charge in [0.1, 0.15) is 5.76 Å². The van der Waals surface area contributed by atoms with Gasteiger partial charge in [0.25, 0.3) is 0 Å². The van der Waals surface area contributed by atoms with Gasteiger partial charge in [0.2, 0.25) is 5.89 Å². The lowest BCUT2D eigenvalue weighted by Gasteiger charge is -2.13. The summed E-state index contributed by atoms with van der Waals surface area (Å²) in [5.74, 6) is 1.67. The number of oxazole rings is 1. The average molecular weight is 262 g/mol. The van der Waals surface area contributed by atoms with Crippen LogP contribution in [0.3, 0.4) is 0 Å². The lowest BCUT2D eigenvalue weighted by atomic mass is 10.1. The maximum absolute atomic E-state index is 5.59. The Morgan fingerprint density at radius 1 is 1.42 bits per heavy atom. The zero-order valence-electron chi connectivity index (χ0n) is 12.3. The highest BCUT2D eigenvalue weighted by atomic mass is 16.4. The third-order valence-electron chi connectivity index (χ3n) is 3.51. The largest absolute Gasteiger partial charge is 0.444 e. The molecule has 0 aromatic carbocycles. The zero-order valence-corrected chi connectivity index (χ0v) is 12.3. The van der Waals surface area contributed by atoms with Crippen LogP contribution < -0.4 is 5.32 Å². The van der Waals surface area contributed by atoms with Crippen LogP contribution in [0.15, 0.2) is 10.6 Å². The minimum atomic E-state index is 0.227. The fraction of sp³-hybridized carbons (Fsp3) is 0.571. The van der Waals surface area contributed by atoms with Gasteiger partial charge >= 0.3 is 0 Å². The van der Waals surface area contributed by atoms with E-state index < -0.39 is 0 Å². The summed E-state index contributed by atoms with van der Waals surface area (Å²) in [6.07, 6.45) is 2.67. The second-order valence-electron chi connectivity index (χ2n) is 4.88. The second-order valence-corrected chi connectivity index (χ2v) is 4.88. The van der Waals surface area contributed by atoms with Gasteiger partial charge in [-0.05, 0) is 20.8 Å². The van der Waals surface area contributed by atoms with E-state index in [0.717, 1.165) is 23.8 Å². The molecule has 1 N–H and O–H groups in total. The van der Waals surface area contributed by atoms with Crippen LogP contribution in [0.5, 0.6) is 0 Å². The summed E-state index contributed by atoms with van der Waals surface area (Å²) in [6.45, 7) is 8.97. The smallest absolute Gasteiger partial charge is 0.208 e. The van der Waals surface area contributed by atoms with Crippen molar-refractivity contribution in [1.82, 2.24) is 20.1 Å². The summed E-state index contributed by atoms with van der Waals surface area (Å²) < 4.78 is 7.51. The van der Waals surface area contributed by atoms with Gasteiger partial charge in [0.15, 0.2) is 0 Å². The molecule has 0 saturated carbocycles. The van der Waals surface area contributed by atoms with E-state index in [4.69, 9.17) is 4.42 Å². The van der Waals surface area contributed by atoms with E-state index in [-0.39, 0.29) is 6.04 Å². The predicted octanol–water partition coefficient (Wildman–Crippen LogP) is 2.44. The second kappa shape index (κ2) is 5.57. The Morgan fingerprint density at radius 2 is 2.16 bits per heavy atom. The molecule has 1 atom stereocenters. The quantitative estimate of drug-likeness (QED) is 0.899. The highest BCUT2D eigenvalue weighted by Crippen LogP contribution is 2.20. The third kappa shape index (κ3) is 2.87. The van der Waals surface area contributed by atoms with Gasteiger partial charge in [-0.2, -0.15) is 5.10 Å². The van der Waals surface area contributed by atoms with Gasteiger partial charge in [-0.3, -0.25) is 4.68 Å². The van der Waals surface area contributed by atoms with Crippen molar-refractivity contribution in [1.29, 1.82) is 0 Å². The maximum atomic E-state index is 5.59. The highest BCUT2D eigenvalue weighted by molar-refractivity contribution is 5.27. The van der Waals surface area contributed by atoms with Gasteiger partial charge < -0.3 is 9.73 Å². The first-order valence-electron chi connectivity index (χ1n) is 6.70. The Balaban J connectivity index is 2.03. The number of aromatic nitrogens is 3. The number of rotatable bonds is 5. The molecule has 2 heterocycles. The van der Waals surface area contributed by atoms with E-state index in [0.29, 0.717) is 6.54 Å². The predicted molar refractivity (Wildman–Crippen MR) is 73.8 cm³/mol. The molecule has 2 aromatic rings. The van der Waals surface area contributed by atoms with E-state index in [1.165, 1.54) is 11.3 Å². The van der Waals surface area contributed by atoms with Crippen molar-refractivity contribution in [2.75, 3.05) is 0 Å². The van der Waals surface area contributed by atoms with E-state index in [9.17, 15) is 0 Å². The van der Waals surface area contributed by atoms with Crippen molar-refractivity contribution in [2.24, 2.45) is 7.05 Å². The SMILES string of the molecule is CCc1cnc(CNC(C)c2c(C)nn(C)c2C)o1. The summed E-state index contributed by atoms with van der Waals surface area (Å²) in [5.41, 5.74) is 3.52. The Hall–Kier alpha value is -1.62. The molecule has 0 amide bonds. The normalized spacial score (nSPS) is 12.9. The molecule has 1 unspecified atom stereocenters.